The number of nitrogens with zero attached hydrogens (tertiary/aromatic N) is 1. The molecule has 0 radical (unpaired) electrons. The van der Waals surface area contributed by atoms with E-state index in [9.17, 15) is 14.4 Å². The van der Waals surface area contributed by atoms with Crippen LogP contribution in [0.3, 0.4) is 0 Å². The molecule has 1 amide bonds. The Kier molecular flexibility index (Phi) is 4.40. The van der Waals surface area contributed by atoms with Crippen molar-refractivity contribution in [1.82, 2.24) is 15.8 Å². The number of hydrogen-bond donors (Lipinski definition) is 2. The van der Waals surface area contributed by atoms with Gasteiger partial charge in [-0.15, -0.1) is 0 Å². The lowest BCUT2D eigenvalue weighted by molar-refractivity contribution is -0.138. The first-order chi connectivity index (χ1) is 10.3. The number of nitrogens with one attached hydrogen (secondary N) is 2. The molecule has 0 unspecified atom stereocenters. The lowest BCUT2D eigenvalue weighted by Crippen LogP contribution is -2.45. The van der Waals surface area contributed by atoms with E-state index in [0.717, 1.165) is 0 Å². The molecule has 22 heavy (non-hydrogen) atoms. The Morgan fingerprint density at radius 2 is 1.91 bits per heavy atom. The summed E-state index contributed by atoms with van der Waals surface area (Å²) in [7, 11) is 0. The van der Waals surface area contributed by atoms with Gasteiger partial charge in [0.1, 0.15) is 17.5 Å². The van der Waals surface area contributed by atoms with Gasteiger partial charge in [-0.05, 0) is 17.5 Å². The minimum atomic E-state index is -0.901. The van der Waals surface area contributed by atoms with Crippen LogP contribution in [0.1, 0.15) is 37.0 Å². The Bertz CT molecular complexity index is 603. The van der Waals surface area contributed by atoms with E-state index in [2.05, 4.69) is 22.4 Å². The highest BCUT2D eigenvalue weighted by molar-refractivity contribution is 6.07. The molecule has 1 saturated carbocycles. The van der Waals surface area contributed by atoms with Gasteiger partial charge in [-0.2, -0.15) is 0 Å². The van der Waals surface area contributed by atoms with Gasteiger partial charge in [-0.25, -0.2) is 0 Å². The van der Waals surface area contributed by atoms with Gasteiger partial charge in [0, 0.05) is 30.9 Å². The summed E-state index contributed by atoms with van der Waals surface area (Å²) < 4.78 is 0. The average Bonchev–Trinajstić information content (AvgIpc) is 2.43. The van der Waals surface area contributed by atoms with Gasteiger partial charge in [0.15, 0.2) is 0 Å². The number of allylic oxidation sites excluding steroid dienone is 1. The fraction of sp³-hybridized carbons (Fsp3) is 0.375. The van der Waals surface area contributed by atoms with Crippen LogP contribution < -0.4 is 10.9 Å². The van der Waals surface area contributed by atoms with Crippen molar-refractivity contribution in [3.05, 3.63) is 42.4 Å². The second-order valence-electron chi connectivity index (χ2n) is 6.23. The van der Waals surface area contributed by atoms with Crippen molar-refractivity contribution < 1.29 is 14.4 Å². The van der Waals surface area contributed by atoms with Gasteiger partial charge in [-0.1, -0.05) is 20.4 Å². The number of aromatic nitrogens is 1. The fourth-order valence-corrected chi connectivity index (χ4v) is 2.56. The van der Waals surface area contributed by atoms with Crippen LogP contribution in [-0.4, -0.2) is 22.5 Å². The largest absolute Gasteiger partial charge is 0.302 e. The highest BCUT2D eigenvalue weighted by atomic mass is 16.2. The zero-order valence-corrected chi connectivity index (χ0v) is 12.7. The molecule has 1 heterocycles. The standard InChI is InChI=1S/C16H19N3O3/c1-10(14-12(20)7-16(2,3)8-13(14)21)18-19-15(22)11-5-4-6-17-9-11/h4-6,9,14,18H,1,7-8H2,2-3H3,(H,19,22). The molecule has 6 heteroatoms. The van der Waals surface area contributed by atoms with Crippen molar-refractivity contribution in [1.29, 1.82) is 0 Å². The molecule has 1 fully saturated rings. The van der Waals surface area contributed by atoms with E-state index < -0.39 is 11.8 Å². The molecule has 0 bridgehead atoms. The van der Waals surface area contributed by atoms with Crippen LogP contribution in [0.5, 0.6) is 0 Å². The summed E-state index contributed by atoms with van der Waals surface area (Å²) >= 11 is 0. The maximum absolute atomic E-state index is 12.1. The molecule has 0 spiro atoms. The molecular weight excluding hydrogens is 282 g/mol. The molecule has 0 aromatic carbocycles. The Morgan fingerprint density at radius 1 is 1.27 bits per heavy atom. The number of Topliss-reactive ketones (excluding diaryl/α,β-unsaturated/α-hetero) is 2. The van der Waals surface area contributed by atoms with Gasteiger partial charge in [0.05, 0.1) is 5.56 Å². The van der Waals surface area contributed by atoms with Gasteiger partial charge < -0.3 is 5.43 Å². The minimum absolute atomic E-state index is 0.172. The second-order valence-corrected chi connectivity index (χ2v) is 6.23. The van der Waals surface area contributed by atoms with Crippen LogP contribution in [0.2, 0.25) is 0 Å². The van der Waals surface area contributed by atoms with E-state index in [1.165, 1.54) is 6.20 Å². The molecule has 116 valence electrons. The Labute approximate surface area is 129 Å². The van der Waals surface area contributed by atoms with E-state index in [1.54, 1.807) is 18.3 Å². The first-order valence-corrected chi connectivity index (χ1v) is 7.01. The molecule has 2 rings (SSSR count). The molecule has 0 atom stereocenters. The summed E-state index contributed by atoms with van der Waals surface area (Å²) in [4.78, 5) is 40.0. The molecule has 1 aliphatic carbocycles. The topological polar surface area (TPSA) is 88.2 Å². The van der Waals surface area contributed by atoms with E-state index >= 15 is 0 Å². The normalized spacial score (nSPS) is 17.9. The molecule has 0 saturated heterocycles. The number of carbonyl (C=O) groups excluding carboxylic acids is 3. The molecule has 1 aromatic rings. The fourth-order valence-electron chi connectivity index (χ4n) is 2.56. The quantitative estimate of drug-likeness (QED) is 0.648. The Balaban J connectivity index is 1.97. The number of ketones is 2. The second kappa shape index (κ2) is 6.09. The van der Waals surface area contributed by atoms with Crippen molar-refractivity contribution >= 4 is 17.5 Å². The van der Waals surface area contributed by atoms with E-state index in [0.29, 0.717) is 18.4 Å². The van der Waals surface area contributed by atoms with E-state index in [-0.39, 0.29) is 22.7 Å². The monoisotopic (exact) mass is 301 g/mol. The van der Waals surface area contributed by atoms with Gasteiger partial charge in [-0.3, -0.25) is 24.8 Å². The molecule has 6 nitrogen and oxygen atoms in total. The summed E-state index contributed by atoms with van der Waals surface area (Å²) in [6, 6.07) is 3.24. The number of hydrazine groups is 1. The third kappa shape index (κ3) is 3.58. The first kappa shape index (κ1) is 15.9. The van der Waals surface area contributed by atoms with Crippen LogP contribution in [0.4, 0.5) is 0 Å². The maximum atomic E-state index is 12.1. The highest BCUT2D eigenvalue weighted by Crippen LogP contribution is 2.35. The number of rotatable bonds is 4. The zero-order valence-electron chi connectivity index (χ0n) is 12.7. The van der Waals surface area contributed by atoms with Gasteiger partial charge in [0.25, 0.3) is 5.91 Å². The van der Waals surface area contributed by atoms with Crippen LogP contribution in [0, 0.1) is 11.3 Å². The molecule has 1 aliphatic rings. The third-order valence-corrected chi connectivity index (χ3v) is 3.56. The summed E-state index contributed by atoms with van der Waals surface area (Å²) in [6.45, 7) is 7.49. The number of carbonyl (C=O) groups is 3. The summed E-state index contributed by atoms with van der Waals surface area (Å²) in [5, 5.41) is 0. The van der Waals surface area contributed by atoms with Crippen molar-refractivity contribution in [2.75, 3.05) is 0 Å². The SMILES string of the molecule is C=C(NNC(=O)c1cccnc1)C1C(=O)CC(C)(C)CC1=O. The zero-order chi connectivity index (χ0) is 16.3. The van der Waals surface area contributed by atoms with E-state index in [4.69, 9.17) is 0 Å². The lowest BCUT2D eigenvalue weighted by Gasteiger charge is -2.32. The van der Waals surface area contributed by atoms with Crippen molar-refractivity contribution in [2.24, 2.45) is 11.3 Å². The van der Waals surface area contributed by atoms with Gasteiger partial charge in [0.2, 0.25) is 0 Å². The summed E-state index contributed by atoms with van der Waals surface area (Å²) in [6.07, 6.45) is 3.62. The summed E-state index contributed by atoms with van der Waals surface area (Å²) in [5.74, 6) is -1.66. The maximum Gasteiger partial charge on any atom is 0.271 e. The van der Waals surface area contributed by atoms with Crippen LogP contribution in [0.25, 0.3) is 0 Å². The summed E-state index contributed by atoms with van der Waals surface area (Å²) in [5.41, 5.74) is 5.25. The lowest BCUT2D eigenvalue weighted by atomic mass is 9.71. The number of pyridine rings is 1. The van der Waals surface area contributed by atoms with Crippen molar-refractivity contribution in [3.8, 4) is 0 Å². The third-order valence-electron chi connectivity index (χ3n) is 3.56. The van der Waals surface area contributed by atoms with Crippen molar-refractivity contribution in [2.45, 2.75) is 26.7 Å². The van der Waals surface area contributed by atoms with Crippen molar-refractivity contribution in [3.63, 3.8) is 0 Å². The van der Waals surface area contributed by atoms with Crippen LogP contribution in [0.15, 0.2) is 36.8 Å². The Morgan fingerprint density at radius 3 is 2.45 bits per heavy atom. The smallest absolute Gasteiger partial charge is 0.271 e. The molecular formula is C16H19N3O3. The first-order valence-electron chi connectivity index (χ1n) is 7.01. The predicted molar refractivity (Wildman–Crippen MR) is 80.5 cm³/mol. The highest BCUT2D eigenvalue weighted by Gasteiger charge is 2.41. The molecule has 0 aliphatic heterocycles. The number of amides is 1. The predicted octanol–water partition coefficient (Wildman–Crippen LogP) is 1.40. The molecule has 1 aromatic heterocycles. The van der Waals surface area contributed by atoms with Crippen LogP contribution in [-0.2, 0) is 9.59 Å². The van der Waals surface area contributed by atoms with E-state index in [1.807, 2.05) is 13.8 Å². The van der Waals surface area contributed by atoms with Crippen LogP contribution >= 0.6 is 0 Å². The van der Waals surface area contributed by atoms with Gasteiger partial charge >= 0.3 is 0 Å². The molecule has 2 N–H and O–H groups in total. The Hall–Kier alpha value is -2.50. The average molecular weight is 301 g/mol. The number of hydrogen-bond acceptors (Lipinski definition) is 5. The minimum Gasteiger partial charge on any atom is -0.302 e.